The fourth-order valence-electron chi connectivity index (χ4n) is 4.82. The number of amides is 1. The number of ether oxygens (including phenoxy) is 4. The zero-order valence-corrected chi connectivity index (χ0v) is 20.4. The maximum atomic E-state index is 12.1. The number of nitrogen functional groups attached to an aromatic ring is 1. The van der Waals surface area contributed by atoms with Crippen LogP contribution in [0.25, 0.3) is 0 Å². The molecule has 1 amide bonds. The first kappa shape index (κ1) is 24.7. The molecule has 1 heterocycles. The number of nitrogens with zero attached hydrogens (tertiary/aromatic N) is 2. The molecule has 2 atom stereocenters. The summed E-state index contributed by atoms with van der Waals surface area (Å²) in [6.45, 7) is 0.765. The number of hydrogen-bond donors (Lipinski definition) is 3. The van der Waals surface area contributed by atoms with Gasteiger partial charge in [0, 0.05) is 30.4 Å². The van der Waals surface area contributed by atoms with E-state index in [1.165, 1.54) is 0 Å². The molecule has 2 aliphatic carbocycles. The van der Waals surface area contributed by atoms with E-state index in [-0.39, 0.29) is 35.5 Å². The molecule has 2 aliphatic rings. The third-order valence-electron chi connectivity index (χ3n) is 6.66. The molecule has 5 N–H and O–H groups in total. The van der Waals surface area contributed by atoms with Gasteiger partial charge in [-0.15, -0.1) is 0 Å². The summed E-state index contributed by atoms with van der Waals surface area (Å²) in [6, 6.07) is 5.85. The highest BCUT2D eigenvalue weighted by Crippen LogP contribution is 2.33. The van der Waals surface area contributed by atoms with Crippen molar-refractivity contribution < 1.29 is 23.7 Å². The van der Waals surface area contributed by atoms with E-state index in [9.17, 15) is 4.79 Å². The number of anilines is 2. The highest BCUT2D eigenvalue weighted by Gasteiger charge is 2.28. The van der Waals surface area contributed by atoms with Gasteiger partial charge in [-0.1, -0.05) is 0 Å². The SMILES string of the molecule is COc1cc(NC[C@H]2CCCC(Oc3nc(OC4CCCC4)nc(N)c3C(N)=O)C2)cc(OC)c1. The van der Waals surface area contributed by atoms with Crippen LogP contribution in [0.4, 0.5) is 11.5 Å². The van der Waals surface area contributed by atoms with Gasteiger partial charge in [-0.05, 0) is 57.3 Å². The molecule has 10 nitrogen and oxygen atoms in total. The third kappa shape index (κ3) is 6.37. The van der Waals surface area contributed by atoms with Gasteiger partial charge in [-0.2, -0.15) is 9.97 Å². The minimum atomic E-state index is -0.717. The van der Waals surface area contributed by atoms with E-state index in [2.05, 4.69) is 15.3 Å². The van der Waals surface area contributed by atoms with Crippen LogP contribution >= 0.6 is 0 Å². The standard InChI is InChI=1S/C25H35N5O5/c1-32-19-11-16(12-20(13-19)33-2)28-14-15-6-5-9-18(10-15)34-24-21(23(27)31)22(26)29-25(30-24)35-17-7-3-4-8-17/h11-13,15,17-18,28H,3-10,14H2,1-2H3,(H2,27,31)(H2,26,29,30)/t15-,18?/m0/s1. The Morgan fingerprint density at radius 1 is 0.971 bits per heavy atom. The summed E-state index contributed by atoms with van der Waals surface area (Å²) in [7, 11) is 3.26. The normalized spacial score (nSPS) is 20.3. The predicted molar refractivity (Wildman–Crippen MR) is 132 cm³/mol. The Labute approximate surface area is 205 Å². The van der Waals surface area contributed by atoms with Crippen LogP contribution < -0.4 is 35.7 Å². The maximum Gasteiger partial charge on any atom is 0.322 e. The number of benzene rings is 1. The first-order valence-corrected chi connectivity index (χ1v) is 12.2. The molecular weight excluding hydrogens is 450 g/mol. The van der Waals surface area contributed by atoms with Gasteiger partial charge in [-0.3, -0.25) is 4.79 Å². The van der Waals surface area contributed by atoms with Crippen molar-refractivity contribution in [3.8, 4) is 23.4 Å². The highest BCUT2D eigenvalue weighted by molar-refractivity contribution is 5.99. The summed E-state index contributed by atoms with van der Waals surface area (Å²) < 4.78 is 22.8. The van der Waals surface area contributed by atoms with E-state index in [0.717, 1.165) is 75.1 Å². The van der Waals surface area contributed by atoms with Gasteiger partial charge in [0.25, 0.3) is 5.91 Å². The molecule has 0 bridgehead atoms. The summed E-state index contributed by atoms with van der Waals surface area (Å²) in [4.78, 5) is 20.6. The zero-order valence-electron chi connectivity index (χ0n) is 20.4. The molecule has 2 fully saturated rings. The molecule has 190 valence electrons. The Kier molecular flexibility index (Phi) is 7.99. The summed E-state index contributed by atoms with van der Waals surface area (Å²) in [5.74, 6) is 1.20. The summed E-state index contributed by atoms with van der Waals surface area (Å²) in [5, 5.41) is 3.48. The topological polar surface area (TPSA) is 144 Å². The number of primary amides is 1. The van der Waals surface area contributed by atoms with E-state index in [4.69, 9.17) is 30.4 Å². The van der Waals surface area contributed by atoms with E-state index < -0.39 is 5.91 Å². The number of hydrogen-bond acceptors (Lipinski definition) is 9. The Morgan fingerprint density at radius 3 is 2.31 bits per heavy atom. The van der Waals surface area contributed by atoms with Gasteiger partial charge >= 0.3 is 6.01 Å². The molecule has 35 heavy (non-hydrogen) atoms. The Balaban J connectivity index is 1.42. The van der Waals surface area contributed by atoms with Crippen LogP contribution in [-0.4, -0.2) is 48.8 Å². The number of carbonyl (C=O) groups is 1. The molecule has 4 rings (SSSR count). The second-order valence-corrected chi connectivity index (χ2v) is 9.21. The molecule has 0 radical (unpaired) electrons. The van der Waals surface area contributed by atoms with E-state index >= 15 is 0 Å². The van der Waals surface area contributed by atoms with Gasteiger partial charge in [-0.25, -0.2) is 0 Å². The summed E-state index contributed by atoms with van der Waals surface area (Å²) in [5.41, 5.74) is 12.6. The van der Waals surface area contributed by atoms with Crippen LogP contribution in [-0.2, 0) is 0 Å². The number of rotatable bonds is 10. The van der Waals surface area contributed by atoms with Crippen LogP contribution in [0.2, 0.25) is 0 Å². The van der Waals surface area contributed by atoms with Crippen molar-refractivity contribution in [2.75, 3.05) is 31.8 Å². The van der Waals surface area contributed by atoms with Crippen molar-refractivity contribution in [3.05, 3.63) is 23.8 Å². The molecule has 1 unspecified atom stereocenters. The lowest BCUT2D eigenvalue weighted by atomic mass is 9.87. The van der Waals surface area contributed by atoms with Gasteiger partial charge in [0.05, 0.1) is 14.2 Å². The summed E-state index contributed by atoms with van der Waals surface area (Å²) in [6.07, 6.45) is 7.78. The Hall–Kier alpha value is -3.43. The lowest BCUT2D eigenvalue weighted by Crippen LogP contribution is -2.30. The van der Waals surface area contributed by atoms with Crippen molar-refractivity contribution in [1.29, 1.82) is 0 Å². The zero-order chi connectivity index (χ0) is 24.8. The number of nitrogens with two attached hydrogens (primary N) is 2. The fourth-order valence-corrected chi connectivity index (χ4v) is 4.82. The molecule has 0 saturated heterocycles. The van der Waals surface area contributed by atoms with Crippen molar-refractivity contribution >= 4 is 17.4 Å². The van der Waals surface area contributed by atoms with Crippen LogP contribution in [0, 0.1) is 5.92 Å². The number of nitrogens with one attached hydrogen (secondary N) is 1. The largest absolute Gasteiger partial charge is 0.497 e. The van der Waals surface area contributed by atoms with E-state index in [1.54, 1.807) is 14.2 Å². The van der Waals surface area contributed by atoms with Crippen LogP contribution in [0.15, 0.2) is 18.2 Å². The van der Waals surface area contributed by atoms with Crippen molar-refractivity contribution in [2.45, 2.75) is 63.6 Å². The smallest absolute Gasteiger partial charge is 0.322 e. The first-order chi connectivity index (χ1) is 16.9. The van der Waals surface area contributed by atoms with Crippen molar-refractivity contribution in [2.24, 2.45) is 11.7 Å². The molecular formula is C25H35N5O5. The van der Waals surface area contributed by atoms with Crippen LogP contribution in [0.1, 0.15) is 61.7 Å². The Morgan fingerprint density at radius 2 is 1.66 bits per heavy atom. The summed E-state index contributed by atoms with van der Waals surface area (Å²) >= 11 is 0. The van der Waals surface area contributed by atoms with Crippen LogP contribution in [0.5, 0.6) is 23.4 Å². The Bertz CT molecular complexity index is 1010. The first-order valence-electron chi connectivity index (χ1n) is 12.2. The second-order valence-electron chi connectivity index (χ2n) is 9.21. The molecule has 1 aromatic heterocycles. The van der Waals surface area contributed by atoms with E-state index in [0.29, 0.717) is 5.92 Å². The van der Waals surface area contributed by atoms with Crippen molar-refractivity contribution in [1.82, 2.24) is 9.97 Å². The molecule has 2 aromatic rings. The van der Waals surface area contributed by atoms with Gasteiger partial charge < -0.3 is 35.7 Å². The monoisotopic (exact) mass is 485 g/mol. The minimum Gasteiger partial charge on any atom is -0.497 e. The van der Waals surface area contributed by atoms with Crippen molar-refractivity contribution in [3.63, 3.8) is 0 Å². The quantitative estimate of drug-likeness (QED) is 0.460. The van der Waals surface area contributed by atoms with E-state index in [1.807, 2.05) is 18.2 Å². The average molecular weight is 486 g/mol. The second kappa shape index (κ2) is 11.3. The van der Waals surface area contributed by atoms with Gasteiger partial charge in [0.2, 0.25) is 5.88 Å². The van der Waals surface area contributed by atoms with Crippen LogP contribution in [0.3, 0.4) is 0 Å². The average Bonchev–Trinajstić information content (AvgIpc) is 3.35. The number of methoxy groups -OCH3 is 2. The molecule has 1 aromatic carbocycles. The minimum absolute atomic E-state index is 0.00694. The third-order valence-corrected chi connectivity index (χ3v) is 6.66. The number of carbonyl (C=O) groups excluding carboxylic acids is 1. The lowest BCUT2D eigenvalue weighted by molar-refractivity contribution is 0.0969. The lowest BCUT2D eigenvalue weighted by Gasteiger charge is -2.30. The molecule has 10 heteroatoms. The molecule has 0 spiro atoms. The predicted octanol–water partition coefficient (Wildman–Crippen LogP) is 3.55. The molecule has 2 saturated carbocycles. The highest BCUT2D eigenvalue weighted by atomic mass is 16.5. The van der Waals surface area contributed by atoms with Gasteiger partial charge in [0.1, 0.15) is 35.1 Å². The maximum absolute atomic E-state index is 12.1. The fraction of sp³-hybridized carbons (Fsp3) is 0.560. The number of aromatic nitrogens is 2. The molecule has 0 aliphatic heterocycles. The van der Waals surface area contributed by atoms with Gasteiger partial charge in [0.15, 0.2) is 0 Å².